The lowest BCUT2D eigenvalue weighted by atomic mass is 10.1. The summed E-state index contributed by atoms with van der Waals surface area (Å²) in [5.41, 5.74) is 1.17. The van der Waals surface area contributed by atoms with Crippen LogP contribution in [0.25, 0.3) is 0 Å². The highest BCUT2D eigenvalue weighted by Gasteiger charge is 2.12. The third kappa shape index (κ3) is 3.30. The molecule has 0 aliphatic carbocycles. The van der Waals surface area contributed by atoms with Crippen LogP contribution in [-0.4, -0.2) is 12.2 Å². The molecule has 0 aliphatic rings. The molecule has 2 aromatic rings. The zero-order valence-electron chi connectivity index (χ0n) is 11.5. The summed E-state index contributed by atoms with van der Waals surface area (Å²) in [7, 11) is 1.49. The second-order valence-electron chi connectivity index (χ2n) is 4.31. The number of ether oxygens (including phenoxy) is 2. The lowest BCUT2D eigenvalue weighted by Gasteiger charge is -2.14. The van der Waals surface area contributed by atoms with Crippen molar-refractivity contribution in [2.75, 3.05) is 7.11 Å². The van der Waals surface area contributed by atoms with Crippen LogP contribution in [0, 0.1) is 17.1 Å². The van der Waals surface area contributed by atoms with Crippen LogP contribution in [0.5, 0.6) is 11.5 Å². The van der Waals surface area contributed by atoms with Gasteiger partial charge in [0.2, 0.25) is 0 Å². The Bertz CT molecular complexity index is 657. The standard InChI is InChI=1S/C16H14FNO3/c1-20-15-4-2-3-12(9-19)16(15)21-10-13-7-11(8-18)5-6-14(13)17/h2-7,19H,9-10H2,1H3. The van der Waals surface area contributed by atoms with Crippen LogP contribution in [0.4, 0.5) is 4.39 Å². The summed E-state index contributed by atoms with van der Waals surface area (Å²) in [6, 6.07) is 11.1. The van der Waals surface area contributed by atoms with Crippen LogP contribution in [0.2, 0.25) is 0 Å². The van der Waals surface area contributed by atoms with Gasteiger partial charge in [0.15, 0.2) is 11.5 Å². The summed E-state index contributed by atoms with van der Waals surface area (Å²) in [6.07, 6.45) is 0. The Morgan fingerprint density at radius 3 is 2.71 bits per heavy atom. The molecule has 0 aliphatic heterocycles. The first-order valence-electron chi connectivity index (χ1n) is 6.27. The number of para-hydroxylation sites is 1. The van der Waals surface area contributed by atoms with Gasteiger partial charge in [0.1, 0.15) is 12.4 Å². The van der Waals surface area contributed by atoms with Gasteiger partial charge in [0.25, 0.3) is 0 Å². The van der Waals surface area contributed by atoms with E-state index in [0.717, 1.165) is 0 Å². The van der Waals surface area contributed by atoms with Crippen LogP contribution in [0.1, 0.15) is 16.7 Å². The maximum absolute atomic E-state index is 13.7. The van der Waals surface area contributed by atoms with E-state index in [0.29, 0.717) is 22.6 Å². The van der Waals surface area contributed by atoms with E-state index in [2.05, 4.69) is 0 Å². The topological polar surface area (TPSA) is 62.5 Å². The number of rotatable bonds is 5. The number of hydrogen-bond acceptors (Lipinski definition) is 4. The minimum Gasteiger partial charge on any atom is -0.493 e. The molecule has 0 heterocycles. The molecule has 0 radical (unpaired) electrons. The molecule has 0 saturated heterocycles. The van der Waals surface area contributed by atoms with Crippen molar-refractivity contribution in [3.8, 4) is 17.6 Å². The zero-order chi connectivity index (χ0) is 15.2. The quantitative estimate of drug-likeness (QED) is 0.918. The number of hydrogen-bond donors (Lipinski definition) is 1. The summed E-state index contributed by atoms with van der Waals surface area (Å²) in [6.45, 7) is -0.276. The van der Waals surface area contributed by atoms with Crippen LogP contribution in [0.3, 0.4) is 0 Å². The third-order valence-corrected chi connectivity index (χ3v) is 3.00. The molecule has 21 heavy (non-hydrogen) atoms. The molecule has 1 N–H and O–H groups in total. The molecule has 108 valence electrons. The molecular weight excluding hydrogens is 273 g/mol. The van der Waals surface area contributed by atoms with E-state index in [1.165, 1.54) is 25.3 Å². The van der Waals surface area contributed by atoms with Crippen molar-refractivity contribution in [3.63, 3.8) is 0 Å². The normalized spacial score (nSPS) is 10.0. The molecule has 0 fully saturated rings. The van der Waals surface area contributed by atoms with Gasteiger partial charge in [-0.2, -0.15) is 5.26 Å². The van der Waals surface area contributed by atoms with Crippen LogP contribution in [-0.2, 0) is 13.2 Å². The van der Waals surface area contributed by atoms with Gasteiger partial charge in [-0.3, -0.25) is 0 Å². The zero-order valence-corrected chi connectivity index (χ0v) is 11.5. The van der Waals surface area contributed by atoms with E-state index < -0.39 is 5.82 Å². The smallest absolute Gasteiger partial charge is 0.167 e. The number of halogens is 1. The van der Waals surface area contributed by atoms with Crippen LogP contribution in [0.15, 0.2) is 36.4 Å². The number of benzene rings is 2. The van der Waals surface area contributed by atoms with Crippen molar-refractivity contribution in [2.24, 2.45) is 0 Å². The number of nitriles is 1. The van der Waals surface area contributed by atoms with Gasteiger partial charge >= 0.3 is 0 Å². The van der Waals surface area contributed by atoms with Crippen molar-refractivity contribution in [1.29, 1.82) is 5.26 Å². The predicted molar refractivity (Wildman–Crippen MR) is 74.4 cm³/mol. The highest BCUT2D eigenvalue weighted by molar-refractivity contribution is 5.46. The molecule has 4 nitrogen and oxygen atoms in total. The first-order chi connectivity index (χ1) is 10.2. The van der Waals surface area contributed by atoms with Crippen molar-refractivity contribution in [2.45, 2.75) is 13.2 Å². The first-order valence-corrected chi connectivity index (χ1v) is 6.27. The second-order valence-corrected chi connectivity index (χ2v) is 4.31. The predicted octanol–water partition coefficient (Wildman–Crippen LogP) is 2.78. The largest absolute Gasteiger partial charge is 0.493 e. The second kappa shape index (κ2) is 6.73. The van der Waals surface area contributed by atoms with Crippen molar-refractivity contribution in [3.05, 3.63) is 58.9 Å². The van der Waals surface area contributed by atoms with Gasteiger partial charge in [-0.05, 0) is 24.3 Å². The van der Waals surface area contributed by atoms with Crippen molar-refractivity contribution >= 4 is 0 Å². The van der Waals surface area contributed by atoms with Crippen molar-refractivity contribution in [1.82, 2.24) is 0 Å². The maximum atomic E-state index is 13.7. The van der Waals surface area contributed by atoms with Gasteiger partial charge in [-0.15, -0.1) is 0 Å². The fourth-order valence-electron chi connectivity index (χ4n) is 1.92. The SMILES string of the molecule is COc1cccc(CO)c1OCc1cc(C#N)ccc1F. The first kappa shape index (κ1) is 14.8. The summed E-state index contributed by atoms with van der Waals surface area (Å²) in [5.74, 6) is 0.372. The van der Waals surface area contributed by atoms with E-state index >= 15 is 0 Å². The Labute approximate surface area is 122 Å². The van der Waals surface area contributed by atoms with E-state index in [-0.39, 0.29) is 18.8 Å². The summed E-state index contributed by atoms with van der Waals surface area (Å²) in [4.78, 5) is 0. The molecule has 0 aromatic heterocycles. The van der Waals surface area contributed by atoms with Crippen LogP contribution >= 0.6 is 0 Å². The Kier molecular flexibility index (Phi) is 4.75. The van der Waals surface area contributed by atoms with Gasteiger partial charge in [-0.1, -0.05) is 12.1 Å². The molecule has 5 heteroatoms. The average molecular weight is 287 g/mol. The number of nitrogens with zero attached hydrogens (tertiary/aromatic N) is 1. The van der Waals surface area contributed by atoms with Gasteiger partial charge in [-0.25, -0.2) is 4.39 Å². The number of methoxy groups -OCH3 is 1. The molecular formula is C16H14FNO3. The van der Waals surface area contributed by atoms with Gasteiger partial charge in [0, 0.05) is 11.1 Å². The average Bonchev–Trinajstić information content (AvgIpc) is 2.53. The summed E-state index contributed by atoms with van der Waals surface area (Å²) >= 11 is 0. The highest BCUT2D eigenvalue weighted by Crippen LogP contribution is 2.32. The van der Waals surface area contributed by atoms with Crippen molar-refractivity contribution < 1.29 is 19.0 Å². The molecule has 0 saturated carbocycles. The van der Waals surface area contributed by atoms with E-state index in [1.54, 1.807) is 18.2 Å². The fourth-order valence-corrected chi connectivity index (χ4v) is 1.92. The van der Waals surface area contributed by atoms with E-state index in [9.17, 15) is 9.50 Å². The van der Waals surface area contributed by atoms with Crippen LogP contribution < -0.4 is 9.47 Å². The molecule has 0 unspecified atom stereocenters. The molecule has 0 amide bonds. The minimum absolute atomic E-state index is 0.0608. The maximum Gasteiger partial charge on any atom is 0.167 e. The summed E-state index contributed by atoms with van der Waals surface area (Å²) < 4.78 is 24.5. The molecule has 2 aromatic carbocycles. The molecule has 0 spiro atoms. The molecule has 0 atom stereocenters. The Morgan fingerprint density at radius 1 is 1.24 bits per heavy atom. The van der Waals surface area contributed by atoms with E-state index in [1.807, 2.05) is 6.07 Å². The lowest BCUT2D eigenvalue weighted by Crippen LogP contribution is -2.03. The monoisotopic (exact) mass is 287 g/mol. The fraction of sp³-hybridized carbons (Fsp3) is 0.188. The Morgan fingerprint density at radius 2 is 2.05 bits per heavy atom. The molecule has 0 bridgehead atoms. The lowest BCUT2D eigenvalue weighted by molar-refractivity contribution is 0.248. The third-order valence-electron chi connectivity index (χ3n) is 3.00. The Hall–Kier alpha value is -2.58. The number of aliphatic hydroxyl groups is 1. The highest BCUT2D eigenvalue weighted by atomic mass is 19.1. The van der Waals surface area contributed by atoms with Gasteiger partial charge in [0.05, 0.1) is 25.3 Å². The van der Waals surface area contributed by atoms with Gasteiger partial charge < -0.3 is 14.6 Å². The molecule has 2 rings (SSSR count). The number of aliphatic hydroxyl groups excluding tert-OH is 1. The minimum atomic E-state index is -0.450. The Balaban J connectivity index is 2.26. The summed E-state index contributed by atoms with van der Waals surface area (Å²) in [5, 5.41) is 18.2. The van der Waals surface area contributed by atoms with E-state index in [4.69, 9.17) is 14.7 Å².